The average Bonchev–Trinajstić information content (AvgIpc) is 2.17. The van der Waals surface area contributed by atoms with Crippen LogP contribution in [0.1, 0.15) is 13.3 Å². The molecule has 1 atom stereocenters. The Morgan fingerprint density at radius 3 is 2.57 bits per heavy atom. The molecule has 0 aliphatic carbocycles. The summed E-state index contributed by atoms with van der Waals surface area (Å²) in [6, 6.07) is 0.0810. The summed E-state index contributed by atoms with van der Waals surface area (Å²) in [5, 5.41) is -0.312. The first-order valence-electron chi connectivity index (χ1n) is 4.75. The van der Waals surface area contributed by atoms with Crippen molar-refractivity contribution < 1.29 is 8.42 Å². The minimum Gasteiger partial charge on any atom is -0.303 e. The molecule has 0 saturated carbocycles. The molecule has 1 heterocycles. The quantitative estimate of drug-likeness (QED) is 0.676. The lowest BCUT2D eigenvalue weighted by molar-refractivity contribution is 0.157. The van der Waals surface area contributed by atoms with Crippen molar-refractivity contribution in [3.8, 4) is 0 Å². The van der Waals surface area contributed by atoms with Gasteiger partial charge in [-0.25, -0.2) is 8.42 Å². The molecule has 1 saturated heterocycles. The van der Waals surface area contributed by atoms with E-state index >= 15 is 0 Å². The van der Waals surface area contributed by atoms with E-state index in [-0.39, 0.29) is 11.3 Å². The maximum absolute atomic E-state index is 11.6. The SMILES string of the molecule is CCC1CN(C)CCN1S(=O)(=O)CCl. The molecule has 1 aliphatic rings. The van der Waals surface area contributed by atoms with Crippen molar-refractivity contribution in [1.82, 2.24) is 9.21 Å². The molecule has 0 aromatic carbocycles. The van der Waals surface area contributed by atoms with Gasteiger partial charge in [-0.2, -0.15) is 4.31 Å². The Labute approximate surface area is 90.9 Å². The third kappa shape index (κ3) is 2.59. The molecule has 14 heavy (non-hydrogen) atoms. The van der Waals surface area contributed by atoms with E-state index in [0.717, 1.165) is 19.5 Å². The minimum atomic E-state index is -3.23. The van der Waals surface area contributed by atoms with Gasteiger partial charge in [-0.3, -0.25) is 0 Å². The molecule has 0 aromatic rings. The largest absolute Gasteiger partial charge is 0.303 e. The molecule has 6 heteroatoms. The first-order chi connectivity index (χ1) is 6.51. The Morgan fingerprint density at radius 1 is 1.43 bits per heavy atom. The van der Waals surface area contributed by atoms with Crippen molar-refractivity contribution >= 4 is 21.6 Å². The van der Waals surface area contributed by atoms with Crippen molar-refractivity contribution in [2.45, 2.75) is 19.4 Å². The van der Waals surface area contributed by atoms with E-state index in [1.54, 1.807) is 4.31 Å². The van der Waals surface area contributed by atoms with Crippen LogP contribution in [0.5, 0.6) is 0 Å². The zero-order valence-corrected chi connectivity index (χ0v) is 10.2. The van der Waals surface area contributed by atoms with Gasteiger partial charge in [-0.05, 0) is 13.5 Å². The fourth-order valence-corrected chi connectivity index (χ4v) is 3.29. The molecule has 0 spiro atoms. The van der Waals surface area contributed by atoms with Crippen LogP contribution < -0.4 is 0 Å². The van der Waals surface area contributed by atoms with Gasteiger partial charge in [0.15, 0.2) is 0 Å². The van der Waals surface area contributed by atoms with Gasteiger partial charge in [0.05, 0.1) is 0 Å². The van der Waals surface area contributed by atoms with Crippen LogP contribution >= 0.6 is 11.6 Å². The zero-order chi connectivity index (χ0) is 10.8. The summed E-state index contributed by atoms with van der Waals surface area (Å²) in [5.41, 5.74) is 0. The highest BCUT2D eigenvalue weighted by atomic mass is 35.5. The molecule has 0 bridgehead atoms. The molecule has 1 rings (SSSR count). The predicted molar refractivity (Wildman–Crippen MR) is 57.9 cm³/mol. The van der Waals surface area contributed by atoms with Gasteiger partial charge in [0.1, 0.15) is 5.21 Å². The van der Waals surface area contributed by atoms with Gasteiger partial charge in [0.2, 0.25) is 10.0 Å². The predicted octanol–water partition coefficient (Wildman–Crippen LogP) is 0.539. The number of piperazine rings is 1. The summed E-state index contributed by atoms with van der Waals surface area (Å²) in [6.45, 7) is 4.14. The molecule has 0 radical (unpaired) electrons. The van der Waals surface area contributed by atoms with E-state index in [2.05, 4.69) is 4.90 Å². The third-order valence-electron chi connectivity index (χ3n) is 2.60. The number of alkyl halides is 1. The van der Waals surface area contributed by atoms with Gasteiger partial charge in [-0.1, -0.05) is 6.92 Å². The molecular weight excluding hydrogens is 224 g/mol. The molecular formula is C8H17ClN2O2S. The Balaban J connectivity index is 2.78. The van der Waals surface area contributed by atoms with E-state index in [1.165, 1.54) is 0 Å². The topological polar surface area (TPSA) is 40.6 Å². The maximum Gasteiger partial charge on any atom is 0.228 e. The standard InChI is InChI=1S/C8H17ClN2O2S/c1-3-8-6-10(2)4-5-11(8)14(12,13)7-9/h8H,3-7H2,1-2H3. The molecule has 0 N–H and O–H groups in total. The Morgan fingerprint density at radius 2 is 2.07 bits per heavy atom. The molecule has 84 valence electrons. The first kappa shape index (κ1) is 12.2. The van der Waals surface area contributed by atoms with Gasteiger partial charge in [0.25, 0.3) is 0 Å². The number of nitrogens with zero attached hydrogens (tertiary/aromatic N) is 2. The number of likely N-dealkylation sites (N-methyl/N-ethyl adjacent to an activating group) is 1. The Bertz CT molecular complexity index is 281. The normalized spacial score (nSPS) is 26.6. The first-order valence-corrected chi connectivity index (χ1v) is 6.89. The van der Waals surface area contributed by atoms with Crippen LogP contribution in [0, 0.1) is 0 Å². The van der Waals surface area contributed by atoms with E-state index < -0.39 is 10.0 Å². The monoisotopic (exact) mass is 240 g/mol. The summed E-state index contributed by atoms with van der Waals surface area (Å²) >= 11 is 5.44. The fraction of sp³-hybridized carbons (Fsp3) is 1.00. The molecule has 0 aromatic heterocycles. The third-order valence-corrected chi connectivity index (χ3v) is 4.90. The number of rotatable bonds is 3. The molecule has 4 nitrogen and oxygen atoms in total. The summed E-state index contributed by atoms with van der Waals surface area (Å²) in [4.78, 5) is 2.15. The molecule has 0 amide bonds. The number of hydrogen-bond donors (Lipinski definition) is 0. The average molecular weight is 241 g/mol. The van der Waals surface area contributed by atoms with E-state index in [9.17, 15) is 8.42 Å². The summed E-state index contributed by atoms with van der Waals surface area (Å²) in [6.07, 6.45) is 0.834. The maximum atomic E-state index is 11.6. The van der Waals surface area contributed by atoms with Crippen molar-refractivity contribution in [2.24, 2.45) is 0 Å². The van der Waals surface area contributed by atoms with Crippen LogP contribution in [0.15, 0.2) is 0 Å². The molecule has 1 fully saturated rings. The van der Waals surface area contributed by atoms with Gasteiger partial charge in [0, 0.05) is 25.7 Å². The second kappa shape index (κ2) is 4.79. The smallest absolute Gasteiger partial charge is 0.228 e. The number of halogens is 1. The highest BCUT2D eigenvalue weighted by Crippen LogP contribution is 2.16. The molecule has 1 unspecified atom stereocenters. The zero-order valence-electron chi connectivity index (χ0n) is 8.61. The molecule has 1 aliphatic heterocycles. The highest BCUT2D eigenvalue weighted by molar-refractivity contribution is 7.90. The second-order valence-electron chi connectivity index (χ2n) is 3.66. The lowest BCUT2D eigenvalue weighted by Crippen LogP contribution is -2.53. The van der Waals surface area contributed by atoms with Gasteiger partial charge < -0.3 is 4.90 Å². The second-order valence-corrected chi connectivity index (χ2v) is 6.16. The summed E-state index contributed by atoms with van der Waals surface area (Å²) in [7, 11) is -1.23. The van der Waals surface area contributed by atoms with Crippen LogP contribution in [0.3, 0.4) is 0 Å². The van der Waals surface area contributed by atoms with Crippen LogP contribution in [0.25, 0.3) is 0 Å². The van der Waals surface area contributed by atoms with Crippen LogP contribution in [-0.4, -0.2) is 55.6 Å². The highest BCUT2D eigenvalue weighted by Gasteiger charge is 2.32. The lowest BCUT2D eigenvalue weighted by atomic mass is 10.2. The minimum absolute atomic E-state index is 0.0810. The number of hydrogen-bond acceptors (Lipinski definition) is 3. The van der Waals surface area contributed by atoms with Gasteiger partial charge >= 0.3 is 0 Å². The van der Waals surface area contributed by atoms with Gasteiger partial charge in [-0.15, -0.1) is 11.6 Å². The van der Waals surface area contributed by atoms with Crippen LogP contribution in [-0.2, 0) is 10.0 Å². The van der Waals surface area contributed by atoms with Crippen LogP contribution in [0.2, 0.25) is 0 Å². The van der Waals surface area contributed by atoms with E-state index in [4.69, 9.17) is 11.6 Å². The van der Waals surface area contributed by atoms with Crippen molar-refractivity contribution in [3.05, 3.63) is 0 Å². The number of sulfonamides is 1. The van der Waals surface area contributed by atoms with Crippen molar-refractivity contribution in [2.75, 3.05) is 31.9 Å². The van der Waals surface area contributed by atoms with E-state index in [0.29, 0.717) is 6.54 Å². The summed E-state index contributed by atoms with van der Waals surface area (Å²) in [5.74, 6) is 0. The van der Waals surface area contributed by atoms with Crippen LogP contribution in [0.4, 0.5) is 0 Å². The summed E-state index contributed by atoms with van der Waals surface area (Å²) < 4.78 is 24.8. The Hall–Kier alpha value is 0.160. The lowest BCUT2D eigenvalue weighted by Gasteiger charge is -2.38. The van der Waals surface area contributed by atoms with Crippen molar-refractivity contribution in [1.29, 1.82) is 0 Å². The Kier molecular flexibility index (Phi) is 4.18. The van der Waals surface area contributed by atoms with E-state index in [1.807, 2.05) is 14.0 Å². The fourth-order valence-electron chi connectivity index (χ4n) is 1.76. The van der Waals surface area contributed by atoms with Crippen molar-refractivity contribution in [3.63, 3.8) is 0 Å².